The van der Waals surface area contributed by atoms with Crippen LogP contribution in [0.15, 0.2) is 36.5 Å². The summed E-state index contributed by atoms with van der Waals surface area (Å²) in [7, 11) is 0. The number of allylic oxidation sites excluding steroid dienone is 1. The molecule has 0 spiro atoms. The second-order valence-electron chi connectivity index (χ2n) is 8.86. The van der Waals surface area contributed by atoms with Gasteiger partial charge in [0, 0.05) is 30.5 Å². The van der Waals surface area contributed by atoms with Crippen molar-refractivity contribution in [2.75, 3.05) is 18.0 Å². The summed E-state index contributed by atoms with van der Waals surface area (Å²) in [6.45, 7) is 20.6. The summed E-state index contributed by atoms with van der Waals surface area (Å²) in [6, 6.07) is 9.22. The zero-order valence-corrected chi connectivity index (χ0v) is 16.4. The molecule has 0 radical (unpaired) electrons. The lowest BCUT2D eigenvalue weighted by Crippen LogP contribution is -2.63. The van der Waals surface area contributed by atoms with Crippen LogP contribution in [0.3, 0.4) is 0 Å². The highest BCUT2D eigenvalue weighted by molar-refractivity contribution is 5.49. The molecule has 2 unspecified atom stereocenters. The average molecular weight is 331 g/mol. The van der Waals surface area contributed by atoms with E-state index in [1.807, 2.05) is 20.8 Å². The topological polar surface area (TPSA) is 26.7 Å². The first-order chi connectivity index (χ1) is 10.9. The minimum Gasteiger partial charge on any atom is -0.388 e. The lowest BCUT2D eigenvalue weighted by molar-refractivity contribution is -0.0248. The van der Waals surface area contributed by atoms with Gasteiger partial charge in [-0.25, -0.2) is 0 Å². The summed E-state index contributed by atoms with van der Waals surface area (Å²) in [4.78, 5) is 4.67. The van der Waals surface area contributed by atoms with E-state index in [0.29, 0.717) is 6.04 Å². The Labute approximate surface area is 148 Å². The third kappa shape index (κ3) is 3.94. The molecule has 0 aromatic heterocycles. The minimum absolute atomic E-state index is 0.0287. The fraction of sp³-hybridized carbons (Fsp3) is 0.619. The van der Waals surface area contributed by atoms with Gasteiger partial charge in [0.15, 0.2) is 0 Å². The van der Waals surface area contributed by atoms with E-state index in [4.69, 9.17) is 0 Å². The molecule has 2 atom stereocenters. The Morgan fingerprint density at radius 2 is 1.62 bits per heavy atom. The summed E-state index contributed by atoms with van der Waals surface area (Å²) < 4.78 is 0. The fourth-order valence-corrected chi connectivity index (χ4v) is 3.67. The van der Waals surface area contributed by atoms with Crippen LogP contribution in [0.5, 0.6) is 0 Å². The van der Waals surface area contributed by atoms with Crippen molar-refractivity contribution in [3.63, 3.8) is 0 Å². The Morgan fingerprint density at radius 3 is 2.04 bits per heavy atom. The summed E-state index contributed by atoms with van der Waals surface area (Å²) in [5.74, 6) is 0. The Bertz CT molecular complexity index is 577. The van der Waals surface area contributed by atoms with Crippen LogP contribution in [0.4, 0.5) is 5.69 Å². The second-order valence-corrected chi connectivity index (χ2v) is 8.86. The smallest absolute Gasteiger partial charge is 0.0811 e. The minimum atomic E-state index is -0.781. The lowest BCUT2D eigenvalue weighted by Gasteiger charge is -2.52. The molecule has 1 aliphatic rings. The van der Waals surface area contributed by atoms with Crippen molar-refractivity contribution in [2.45, 2.75) is 71.6 Å². The fourth-order valence-electron chi connectivity index (χ4n) is 3.67. The number of piperazine rings is 1. The number of benzene rings is 1. The number of hydrogen-bond donors (Lipinski definition) is 1. The molecule has 24 heavy (non-hydrogen) atoms. The second kappa shape index (κ2) is 6.44. The van der Waals surface area contributed by atoms with Crippen molar-refractivity contribution in [3.05, 3.63) is 42.1 Å². The lowest BCUT2D eigenvalue weighted by atomic mass is 9.87. The van der Waals surface area contributed by atoms with Gasteiger partial charge in [-0.1, -0.05) is 39.5 Å². The standard InChI is InChI=1S/C21H34N2O/c1-15(2)23-16(3)13-22(14-19(23)21(7,8)24)18-11-9-17(10-12-18)20(4,5)6/h9-12,16,19,24H,1,13-14H2,2-8H3. The highest BCUT2D eigenvalue weighted by Gasteiger charge is 2.40. The van der Waals surface area contributed by atoms with Crippen LogP contribution in [0.2, 0.25) is 0 Å². The molecule has 2 rings (SSSR count). The molecule has 0 bridgehead atoms. The summed E-state index contributed by atoms with van der Waals surface area (Å²) in [5, 5.41) is 10.7. The SMILES string of the molecule is C=C(C)N1C(C)CN(c2ccc(C(C)(C)C)cc2)CC1C(C)(C)O. The zero-order chi connectivity index (χ0) is 18.3. The molecule has 0 saturated carbocycles. The van der Waals surface area contributed by atoms with Crippen molar-refractivity contribution in [3.8, 4) is 0 Å². The van der Waals surface area contributed by atoms with Gasteiger partial charge in [0.1, 0.15) is 0 Å². The van der Waals surface area contributed by atoms with Gasteiger partial charge in [0.2, 0.25) is 0 Å². The first-order valence-electron chi connectivity index (χ1n) is 8.93. The molecule has 0 aliphatic carbocycles. The molecule has 3 heteroatoms. The maximum Gasteiger partial charge on any atom is 0.0811 e. The third-order valence-electron chi connectivity index (χ3n) is 5.04. The molecule has 1 saturated heterocycles. The molecule has 0 amide bonds. The Balaban J connectivity index is 2.28. The molecule has 1 aliphatic heterocycles. The van der Waals surface area contributed by atoms with Crippen molar-refractivity contribution in [2.24, 2.45) is 0 Å². The van der Waals surface area contributed by atoms with Gasteiger partial charge in [-0.05, 0) is 50.8 Å². The maximum atomic E-state index is 10.7. The molecule has 134 valence electrons. The van der Waals surface area contributed by atoms with E-state index in [1.54, 1.807) is 0 Å². The molecule has 1 aromatic carbocycles. The zero-order valence-electron chi connectivity index (χ0n) is 16.4. The van der Waals surface area contributed by atoms with Gasteiger partial charge in [0.05, 0.1) is 11.6 Å². The quantitative estimate of drug-likeness (QED) is 0.901. The van der Waals surface area contributed by atoms with E-state index in [1.165, 1.54) is 11.3 Å². The number of nitrogens with zero attached hydrogens (tertiary/aromatic N) is 2. The van der Waals surface area contributed by atoms with Crippen LogP contribution >= 0.6 is 0 Å². The molecular formula is C21H34N2O. The Hall–Kier alpha value is -1.48. The average Bonchev–Trinajstić information content (AvgIpc) is 2.44. The van der Waals surface area contributed by atoms with E-state index in [0.717, 1.165) is 18.8 Å². The van der Waals surface area contributed by atoms with Crippen LogP contribution in [-0.4, -0.2) is 40.8 Å². The van der Waals surface area contributed by atoms with Gasteiger partial charge >= 0.3 is 0 Å². The first kappa shape index (κ1) is 18.9. The van der Waals surface area contributed by atoms with E-state index in [2.05, 4.69) is 68.3 Å². The number of aliphatic hydroxyl groups is 1. The van der Waals surface area contributed by atoms with Crippen LogP contribution < -0.4 is 4.90 Å². The van der Waals surface area contributed by atoms with Crippen LogP contribution in [0.1, 0.15) is 54.0 Å². The van der Waals surface area contributed by atoms with Crippen molar-refractivity contribution in [1.29, 1.82) is 0 Å². The van der Waals surface area contributed by atoms with Crippen molar-refractivity contribution >= 4 is 5.69 Å². The molecule has 1 N–H and O–H groups in total. The maximum absolute atomic E-state index is 10.7. The monoisotopic (exact) mass is 330 g/mol. The van der Waals surface area contributed by atoms with Gasteiger partial charge in [-0.3, -0.25) is 0 Å². The predicted molar refractivity (Wildman–Crippen MR) is 104 cm³/mol. The van der Waals surface area contributed by atoms with Gasteiger partial charge in [-0.2, -0.15) is 0 Å². The van der Waals surface area contributed by atoms with E-state index >= 15 is 0 Å². The van der Waals surface area contributed by atoms with E-state index in [9.17, 15) is 5.11 Å². The molecule has 3 nitrogen and oxygen atoms in total. The number of rotatable bonds is 3. The molecule has 1 fully saturated rings. The Morgan fingerprint density at radius 1 is 1.08 bits per heavy atom. The highest BCUT2D eigenvalue weighted by atomic mass is 16.3. The van der Waals surface area contributed by atoms with Gasteiger partial charge in [-0.15, -0.1) is 0 Å². The summed E-state index contributed by atoms with van der Waals surface area (Å²) in [5.41, 5.74) is 2.99. The number of anilines is 1. The van der Waals surface area contributed by atoms with Crippen molar-refractivity contribution in [1.82, 2.24) is 4.90 Å². The largest absolute Gasteiger partial charge is 0.388 e. The van der Waals surface area contributed by atoms with E-state index < -0.39 is 5.60 Å². The molecule has 1 aromatic rings. The van der Waals surface area contributed by atoms with E-state index in [-0.39, 0.29) is 11.5 Å². The van der Waals surface area contributed by atoms with Crippen molar-refractivity contribution < 1.29 is 5.11 Å². The number of hydrogen-bond acceptors (Lipinski definition) is 3. The molecular weight excluding hydrogens is 296 g/mol. The van der Waals surface area contributed by atoms with Gasteiger partial charge < -0.3 is 14.9 Å². The summed E-state index contributed by atoms with van der Waals surface area (Å²) in [6.07, 6.45) is 0. The van der Waals surface area contributed by atoms with Crippen LogP contribution in [0, 0.1) is 0 Å². The van der Waals surface area contributed by atoms with Crippen LogP contribution in [0.25, 0.3) is 0 Å². The highest BCUT2D eigenvalue weighted by Crippen LogP contribution is 2.31. The molecule has 1 heterocycles. The van der Waals surface area contributed by atoms with Crippen LogP contribution in [-0.2, 0) is 5.41 Å². The summed E-state index contributed by atoms with van der Waals surface area (Å²) >= 11 is 0. The van der Waals surface area contributed by atoms with Gasteiger partial charge in [0.25, 0.3) is 0 Å². The third-order valence-corrected chi connectivity index (χ3v) is 5.04. The first-order valence-corrected chi connectivity index (χ1v) is 8.93. The normalized spacial score (nSPS) is 22.7. The predicted octanol–water partition coefficient (Wildman–Crippen LogP) is 4.17. The Kier molecular flexibility index (Phi) is 5.06.